The number of esters is 1. The van der Waals surface area contributed by atoms with Gasteiger partial charge in [-0.1, -0.05) is 6.58 Å². The van der Waals surface area contributed by atoms with Crippen LogP contribution >= 0.6 is 7.82 Å². The summed E-state index contributed by atoms with van der Waals surface area (Å²) in [5, 5.41) is 0. The molecule has 0 rings (SSSR count). The molecule has 0 spiro atoms. The van der Waals surface area contributed by atoms with Crippen LogP contribution in [0.1, 0.15) is 13.3 Å². The summed E-state index contributed by atoms with van der Waals surface area (Å²) >= 11 is 0. The molecule has 0 aromatic rings. The average Bonchev–Trinajstić information content (AvgIpc) is 1.96. The third-order valence-corrected chi connectivity index (χ3v) is 0.726. The molecule has 0 fully saturated rings. The summed E-state index contributed by atoms with van der Waals surface area (Å²) in [6.07, 6.45) is 0.610. The van der Waals surface area contributed by atoms with Gasteiger partial charge in [0.2, 0.25) is 0 Å². The van der Waals surface area contributed by atoms with E-state index >= 15 is 0 Å². The van der Waals surface area contributed by atoms with E-state index in [4.69, 9.17) is 19.2 Å². The third kappa shape index (κ3) is 31.4. The molecule has 84 valence electrons. The van der Waals surface area contributed by atoms with Crippen molar-refractivity contribution in [3.8, 4) is 0 Å². The van der Waals surface area contributed by atoms with Crippen LogP contribution in [0.5, 0.6) is 0 Å². The second-order valence-corrected chi connectivity index (χ2v) is 3.31. The van der Waals surface area contributed by atoms with Crippen molar-refractivity contribution in [3.05, 3.63) is 19.1 Å². The first-order chi connectivity index (χ1) is 6.18. The van der Waals surface area contributed by atoms with E-state index in [9.17, 15) is 4.79 Å². The predicted molar refractivity (Wildman–Crippen MR) is 50.0 cm³/mol. The van der Waals surface area contributed by atoms with Gasteiger partial charge < -0.3 is 26.3 Å². The van der Waals surface area contributed by atoms with Crippen molar-refractivity contribution in [3.63, 3.8) is 0 Å². The minimum absolute atomic E-state index is 0. The van der Waals surface area contributed by atoms with Gasteiger partial charge in [0, 0.05) is 5.57 Å². The van der Waals surface area contributed by atoms with Gasteiger partial charge in [-0.25, -0.2) is 9.36 Å². The van der Waals surface area contributed by atoms with Crippen molar-refractivity contribution in [2.45, 2.75) is 13.3 Å². The van der Waals surface area contributed by atoms with Crippen molar-refractivity contribution < 1.29 is 58.3 Å². The molecule has 0 saturated heterocycles. The molecule has 0 aromatic heterocycles. The van der Waals surface area contributed by atoms with Gasteiger partial charge in [-0.15, -0.1) is 6.42 Å². The SMILES string of the molecule is C=C(C)C(=O)OCC[CH2-].O=P(O)(O)O.[Na+]. The zero-order valence-corrected chi connectivity index (χ0v) is 11.7. The average molecular weight is 248 g/mol. The van der Waals surface area contributed by atoms with E-state index in [2.05, 4.69) is 18.2 Å². The van der Waals surface area contributed by atoms with Crippen LogP contribution in [-0.4, -0.2) is 27.3 Å². The van der Waals surface area contributed by atoms with Crippen LogP contribution in [0.15, 0.2) is 12.2 Å². The molecule has 0 aliphatic heterocycles. The molecule has 0 radical (unpaired) electrons. The van der Waals surface area contributed by atoms with E-state index in [0.29, 0.717) is 18.6 Å². The summed E-state index contributed by atoms with van der Waals surface area (Å²) in [4.78, 5) is 32.1. The molecule has 3 N–H and O–H groups in total. The molecule has 6 nitrogen and oxygen atoms in total. The van der Waals surface area contributed by atoms with E-state index in [-0.39, 0.29) is 35.5 Å². The summed E-state index contributed by atoms with van der Waals surface area (Å²) in [5.41, 5.74) is 0.434. The summed E-state index contributed by atoms with van der Waals surface area (Å²) in [6.45, 7) is 8.92. The fourth-order valence-corrected chi connectivity index (χ4v) is 0.288. The van der Waals surface area contributed by atoms with Gasteiger partial charge in [-0.05, 0) is 6.92 Å². The first-order valence-electron chi connectivity index (χ1n) is 3.58. The Bertz CT molecular complexity index is 227. The fraction of sp³-hybridized carbons (Fsp3) is 0.429. The molecular weight excluding hydrogens is 234 g/mol. The summed E-state index contributed by atoms with van der Waals surface area (Å²) < 4.78 is 13.5. The largest absolute Gasteiger partial charge is 1.00 e. The van der Waals surface area contributed by atoms with Crippen LogP contribution < -0.4 is 29.6 Å². The predicted octanol–water partition coefficient (Wildman–Crippen LogP) is -2.59. The molecule has 0 heterocycles. The molecule has 0 unspecified atom stereocenters. The molecule has 0 bridgehead atoms. The van der Waals surface area contributed by atoms with Gasteiger partial charge >= 0.3 is 43.3 Å². The van der Waals surface area contributed by atoms with Crippen LogP contribution in [0.2, 0.25) is 0 Å². The van der Waals surface area contributed by atoms with Crippen LogP contribution in [0, 0.1) is 6.92 Å². The topological polar surface area (TPSA) is 104 Å². The molecule has 0 amide bonds. The Morgan fingerprint density at radius 2 is 1.80 bits per heavy atom. The second-order valence-electron chi connectivity index (χ2n) is 2.28. The standard InChI is InChI=1S/C7H11O2.Na.H3O4P/c1-4-5-9-7(8)6(2)3;;1-5(2,3)4/h1-2,4-5H2,3H3;;(H3,1,2,3,4)/q-1;+1;. The third-order valence-electron chi connectivity index (χ3n) is 0.726. The van der Waals surface area contributed by atoms with Gasteiger partial charge in [0.1, 0.15) is 0 Å². The molecular formula is C7H14NaO6P. The molecule has 0 aliphatic carbocycles. The Morgan fingerprint density at radius 3 is 2.00 bits per heavy atom. The van der Waals surface area contributed by atoms with Crippen molar-refractivity contribution in [1.29, 1.82) is 0 Å². The van der Waals surface area contributed by atoms with E-state index in [1.54, 1.807) is 6.92 Å². The summed E-state index contributed by atoms with van der Waals surface area (Å²) in [5.74, 6) is -0.335. The molecule has 0 aliphatic rings. The zero-order chi connectivity index (χ0) is 11.8. The van der Waals surface area contributed by atoms with Gasteiger partial charge in [0.25, 0.3) is 0 Å². The van der Waals surface area contributed by atoms with Crippen LogP contribution in [0.3, 0.4) is 0 Å². The number of ether oxygens (including phenoxy) is 1. The number of phosphoric acid groups is 1. The van der Waals surface area contributed by atoms with Crippen LogP contribution in [-0.2, 0) is 14.1 Å². The van der Waals surface area contributed by atoms with Gasteiger partial charge in [-0.2, -0.15) is 0 Å². The number of hydrogen-bond donors (Lipinski definition) is 3. The fourth-order valence-electron chi connectivity index (χ4n) is 0.288. The smallest absolute Gasteiger partial charge is 0.465 e. The van der Waals surface area contributed by atoms with E-state index in [1.807, 2.05) is 0 Å². The van der Waals surface area contributed by atoms with Crippen molar-refractivity contribution >= 4 is 13.8 Å². The normalized spacial score (nSPS) is 9.13. The Labute approximate surface area is 111 Å². The van der Waals surface area contributed by atoms with E-state index in [0.717, 1.165) is 0 Å². The molecule has 8 heteroatoms. The monoisotopic (exact) mass is 248 g/mol. The first-order valence-corrected chi connectivity index (χ1v) is 5.15. The maximum absolute atomic E-state index is 10.6. The second kappa shape index (κ2) is 10.8. The van der Waals surface area contributed by atoms with Gasteiger partial charge in [0.05, 0.1) is 6.61 Å². The first kappa shape index (κ1) is 20.7. The Kier molecular flexibility index (Phi) is 14.9. The Morgan fingerprint density at radius 1 is 1.47 bits per heavy atom. The maximum Gasteiger partial charge on any atom is 1.00 e. The van der Waals surface area contributed by atoms with Crippen molar-refractivity contribution in [2.75, 3.05) is 6.61 Å². The number of carbonyl (C=O) groups excluding carboxylic acids is 1. The number of hydrogen-bond acceptors (Lipinski definition) is 3. The van der Waals surface area contributed by atoms with Crippen LogP contribution in [0.25, 0.3) is 0 Å². The molecule has 15 heavy (non-hydrogen) atoms. The van der Waals surface area contributed by atoms with Crippen molar-refractivity contribution in [2.24, 2.45) is 0 Å². The minimum Gasteiger partial charge on any atom is -0.465 e. The summed E-state index contributed by atoms with van der Waals surface area (Å²) in [6, 6.07) is 0. The molecule has 0 atom stereocenters. The minimum atomic E-state index is -4.64. The quantitative estimate of drug-likeness (QED) is 0.166. The maximum atomic E-state index is 10.6. The zero-order valence-electron chi connectivity index (χ0n) is 8.84. The van der Waals surface area contributed by atoms with Gasteiger partial charge in [-0.3, -0.25) is 0 Å². The Balaban J connectivity index is -0.000000208. The number of carbonyl (C=O) groups is 1. The van der Waals surface area contributed by atoms with Gasteiger partial charge in [0.15, 0.2) is 0 Å². The number of rotatable bonds is 3. The van der Waals surface area contributed by atoms with E-state index in [1.165, 1.54) is 0 Å². The summed E-state index contributed by atoms with van der Waals surface area (Å²) in [7, 11) is -4.64. The van der Waals surface area contributed by atoms with Crippen LogP contribution in [0.4, 0.5) is 0 Å². The molecule has 0 aromatic carbocycles. The molecule has 0 saturated carbocycles. The van der Waals surface area contributed by atoms with E-state index < -0.39 is 7.82 Å². The van der Waals surface area contributed by atoms with Crippen molar-refractivity contribution in [1.82, 2.24) is 0 Å². The Hall–Kier alpha value is 0.320.